The van der Waals surface area contributed by atoms with Crippen molar-refractivity contribution in [1.29, 1.82) is 0 Å². The lowest BCUT2D eigenvalue weighted by Gasteiger charge is -2.18. The molecule has 0 unspecified atom stereocenters. The zero-order chi connectivity index (χ0) is 29.4. The van der Waals surface area contributed by atoms with Crippen LogP contribution in [-0.4, -0.2) is 30.9 Å². The number of furan rings is 1. The number of hydrogen-bond donors (Lipinski definition) is 2. The molecule has 1 heterocycles. The minimum Gasteiger partial charge on any atom is -0.455 e. The summed E-state index contributed by atoms with van der Waals surface area (Å²) in [5.74, 6) is -0.852. The Bertz CT molecular complexity index is 1840. The molecule has 0 atom stereocenters. The molecule has 0 radical (unpaired) electrons. The third-order valence-electron chi connectivity index (χ3n) is 7.59. The van der Waals surface area contributed by atoms with Gasteiger partial charge in [-0.3, -0.25) is 9.59 Å². The van der Waals surface area contributed by atoms with Crippen LogP contribution in [0.15, 0.2) is 95.4 Å². The minimum atomic E-state index is -0.427. The molecule has 0 saturated heterocycles. The van der Waals surface area contributed by atoms with Gasteiger partial charge >= 0.3 is 5.69 Å². The summed E-state index contributed by atoms with van der Waals surface area (Å²) in [6, 6.07) is 25.5. The van der Waals surface area contributed by atoms with Gasteiger partial charge in [0.15, 0.2) is 7.11 Å². The largest absolute Gasteiger partial charge is 0.455 e. The first-order valence-electron chi connectivity index (χ1n) is 13.4. The fourth-order valence-corrected chi connectivity index (χ4v) is 5.25. The SMILES string of the molecule is CNC(=O)c1c(-c2ccc(F)cc2)oc2cc([N+](=O)OC)c(-c3cccc(C(=O)NC4(c5ccccc5)CC4)c3)cc12. The lowest BCUT2D eigenvalue weighted by Crippen LogP contribution is -2.34. The van der Waals surface area contributed by atoms with E-state index in [0.717, 1.165) is 18.4 Å². The van der Waals surface area contributed by atoms with Gasteiger partial charge in [-0.2, -0.15) is 0 Å². The first kappa shape index (κ1) is 26.9. The van der Waals surface area contributed by atoms with Crippen molar-refractivity contribution in [2.24, 2.45) is 0 Å². The molecule has 2 amide bonds. The van der Waals surface area contributed by atoms with E-state index in [1.807, 2.05) is 30.3 Å². The highest BCUT2D eigenvalue weighted by atomic mass is 19.1. The van der Waals surface area contributed by atoms with E-state index >= 15 is 0 Å². The molecule has 0 bridgehead atoms. The monoisotopic (exact) mass is 564 g/mol. The summed E-state index contributed by atoms with van der Waals surface area (Å²) in [4.78, 5) is 44.7. The molecule has 2 N–H and O–H groups in total. The fourth-order valence-electron chi connectivity index (χ4n) is 5.25. The molecule has 0 aliphatic heterocycles. The molecule has 1 aromatic heterocycles. The minimum absolute atomic E-state index is 0.119. The van der Waals surface area contributed by atoms with Crippen LogP contribution in [0.2, 0.25) is 0 Å². The summed E-state index contributed by atoms with van der Waals surface area (Å²) in [5.41, 5.74) is 3.18. The van der Waals surface area contributed by atoms with E-state index < -0.39 is 17.3 Å². The average Bonchev–Trinajstić information content (AvgIpc) is 3.72. The maximum Gasteiger partial charge on any atom is 0.328 e. The van der Waals surface area contributed by atoms with E-state index in [4.69, 9.17) is 9.25 Å². The second-order valence-corrected chi connectivity index (χ2v) is 10.2. The second kappa shape index (κ2) is 10.6. The van der Waals surface area contributed by atoms with Crippen LogP contribution >= 0.6 is 0 Å². The molecule has 210 valence electrons. The molecule has 42 heavy (non-hydrogen) atoms. The summed E-state index contributed by atoms with van der Waals surface area (Å²) >= 11 is 0. The van der Waals surface area contributed by atoms with Gasteiger partial charge in [-0.1, -0.05) is 42.5 Å². The number of carbonyl (C=O) groups excluding carboxylic acids is 2. The van der Waals surface area contributed by atoms with Gasteiger partial charge < -0.3 is 15.1 Å². The van der Waals surface area contributed by atoms with Gasteiger partial charge in [-0.05, 0) is 66.4 Å². The van der Waals surface area contributed by atoms with Crippen molar-refractivity contribution in [2.75, 3.05) is 14.2 Å². The number of hydrogen-bond acceptors (Lipinski definition) is 5. The molecule has 1 saturated carbocycles. The van der Waals surface area contributed by atoms with E-state index in [2.05, 4.69) is 10.6 Å². The third kappa shape index (κ3) is 4.79. The molecule has 5 aromatic rings. The van der Waals surface area contributed by atoms with Crippen molar-refractivity contribution in [3.8, 4) is 22.5 Å². The molecule has 9 heteroatoms. The Hall–Kier alpha value is -5.31. The number of carbonyl (C=O) groups is 2. The molecular weight excluding hydrogens is 537 g/mol. The van der Waals surface area contributed by atoms with Crippen LogP contribution in [0.3, 0.4) is 0 Å². The van der Waals surface area contributed by atoms with Crippen molar-refractivity contribution >= 4 is 28.5 Å². The predicted molar refractivity (Wildman–Crippen MR) is 156 cm³/mol. The number of benzene rings is 4. The van der Waals surface area contributed by atoms with Crippen molar-refractivity contribution in [1.82, 2.24) is 10.6 Å². The van der Waals surface area contributed by atoms with Crippen molar-refractivity contribution in [3.05, 3.63) is 118 Å². The summed E-state index contributed by atoms with van der Waals surface area (Å²) in [6.07, 6.45) is 1.70. The number of amides is 2. The van der Waals surface area contributed by atoms with Crippen LogP contribution in [0, 0.1) is 10.7 Å². The summed E-state index contributed by atoms with van der Waals surface area (Å²) in [7, 11) is 2.74. The predicted octanol–water partition coefficient (Wildman–Crippen LogP) is 6.66. The van der Waals surface area contributed by atoms with Gasteiger partial charge in [-0.25, -0.2) is 9.23 Å². The van der Waals surface area contributed by atoms with Crippen LogP contribution in [0.4, 0.5) is 10.1 Å². The quantitative estimate of drug-likeness (QED) is 0.205. The molecule has 0 spiro atoms. The van der Waals surface area contributed by atoms with Crippen LogP contribution < -0.4 is 10.6 Å². The number of fused-ring (bicyclic) bond motifs is 1. The summed E-state index contributed by atoms with van der Waals surface area (Å²) in [5, 5.41) is 6.25. The third-order valence-corrected chi connectivity index (χ3v) is 7.59. The van der Waals surface area contributed by atoms with E-state index in [9.17, 15) is 18.9 Å². The maximum atomic E-state index is 13.6. The number of nitrogens with zero attached hydrogens (tertiary/aromatic N) is 1. The summed E-state index contributed by atoms with van der Waals surface area (Å²) in [6.45, 7) is 0. The van der Waals surface area contributed by atoms with E-state index in [-0.39, 0.29) is 28.5 Å². The lowest BCUT2D eigenvalue weighted by atomic mass is 9.97. The Morgan fingerprint density at radius 2 is 1.64 bits per heavy atom. The Balaban J connectivity index is 1.46. The highest BCUT2D eigenvalue weighted by Crippen LogP contribution is 2.46. The topological polar surface area (TPSA) is 101 Å². The van der Waals surface area contributed by atoms with E-state index in [1.54, 1.807) is 30.3 Å². The Kier molecular flexibility index (Phi) is 6.78. The number of rotatable bonds is 8. The van der Waals surface area contributed by atoms with E-state index in [0.29, 0.717) is 32.6 Å². The van der Waals surface area contributed by atoms with Gasteiger partial charge in [0.25, 0.3) is 16.7 Å². The first-order chi connectivity index (χ1) is 20.3. The summed E-state index contributed by atoms with van der Waals surface area (Å²) < 4.78 is 19.7. The average molecular weight is 565 g/mol. The molecule has 6 rings (SSSR count). The Morgan fingerprint density at radius 3 is 2.31 bits per heavy atom. The highest BCUT2D eigenvalue weighted by molar-refractivity contribution is 6.12. The number of halogens is 1. The molecular formula is C33H27FN3O5+. The van der Waals surface area contributed by atoms with E-state index in [1.165, 1.54) is 44.5 Å². The Morgan fingerprint density at radius 1 is 0.905 bits per heavy atom. The van der Waals surface area contributed by atoms with Crippen LogP contribution in [0.5, 0.6) is 0 Å². The van der Waals surface area contributed by atoms with Gasteiger partial charge in [-0.15, -0.1) is 0 Å². The normalized spacial score (nSPS) is 13.4. The van der Waals surface area contributed by atoms with Crippen molar-refractivity contribution < 1.29 is 28.2 Å². The fraction of sp³-hybridized carbons (Fsp3) is 0.152. The smallest absolute Gasteiger partial charge is 0.328 e. The van der Waals surface area contributed by atoms with Crippen LogP contribution in [-0.2, 0) is 10.4 Å². The zero-order valence-corrected chi connectivity index (χ0v) is 22.9. The first-order valence-corrected chi connectivity index (χ1v) is 13.4. The number of nitrogens with one attached hydrogen (secondary N) is 2. The van der Waals surface area contributed by atoms with Crippen LogP contribution in [0.25, 0.3) is 33.4 Å². The molecule has 1 fully saturated rings. The standard InChI is InChI=1S/C33H26FN3O5/c1-35-32(39)29-26-18-25(27(37(40)41-2)19-28(26)42-30(29)20-11-13-24(34)14-12-20)21-7-6-8-22(17-21)31(38)36-33(15-16-33)23-9-4-3-5-10-23/h3-14,17-19H,15-16H2,1-2H3,(H-,35,36,38,39)/p+1. The lowest BCUT2D eigenvalue weighted by molar-refractivity contribution is -0.736. The van der Waals surface area contributed by atoms with Crippen molar-refractivity contribution in [2.45, 2.75) is 18.4 Å². The second-order valence-electron chi connectivity index (χ2n) is 10.2. The zero-order valence-electron chi connectivity index (χ0n) is 22.9. The molecule has 1 aliphatic carbocycles. The van der Waals surface area contributed by atoms with Crippen LogP contribution in [0.1, 0.15) is 39.1 Å². The van der Waals surface area contributed by atoms with Gasteiger partial charge in [0.05, 0.1) is 27.6 Å². The Labute approximate surface area is 240 Å². The highest BCUT2D eigenvalue weighted by Gasteiger charge is 2.45. The molecule has 1 aliphatic rings. The van der Waals surface area contributed by atoms with Crippen molar-refractivity contribution in [3.63, 3.8) is 0 Å². The van der Waals surface area contributed by atoms with Gasteiger partial charge in [0.1, 0.15) is 17.2 Å². The van der Waals surface area contributed by atoms with Gasteiger partial charge in [0, 0.05) is 23.6 Å². The molecule has 4 aromatic carbocycles. The van der Waals surface area contributed by atoms with Gasteiger partial charge in [0.2, 0.25) is 0 Å². The molecule has 8 nitrogen and oxygen atoms in total. The maximum absolute atomic E-state index is 13.6.